The number of nitrogens with zero attached hydrogens (tertiary/aromatic N) is 2. The van der Waals surface area contributed by atoms with Crippen LogP contribution in [0.3, 0.4) is 0 Å². The molecule has 0 bridgehead atoms. The molecule has 3 aromatic carbocycles. The first-order chi connectivity index (χ1) is 15.1. The number of carbonyl (C=O) groups is 1. The third-order valence-electron chi connectivity index (χ3n) is 5.97. The highest BCUT2D eigenvalue weighted by atomic mass is 16.2. The monoisotopic (exact) mass is 407 g/mol. The van der Waals surface area contributed by atoms with Crippen LogP contribution in [-0.4, -0.2) is 15.5 Å². The molecule has 0 saturated heterocycles. The number of fused-ring (bicyclic) bond motifs is 3. The number of rotatable bonds is 2. The van der Waals surface area contributed by atoms with Gasteiger partial charge >= 0.3 is 6.03 Å². The Morgan fingerprint density at radius 2 is 1.71 bits per heavy atom. The first-order valence-electron chi connectivity index (χ1n) is 10.6. The number of aromatic nitrogens is 1. The van der Waals surface area contributed by atoms with Gasteiger partial charge in [0.05, 0.1) is 18.3 Å². The van der Waals surface area contributed by atoms with Crippen molar-refractivity contribution in [2.24, 2.45) is 0 Å². The van der Waals surface area contributed by atoms with Crippen LogP contribution in [0.2, 0.25) is 0 Å². The summed E-state index contributed by atoms with van der Waals surface area (Å²) >= 11 is 0. The number of para-hydroxylation sites is 2. The van der Waals surface area contributed by atoms with Crippen LogP contribution in [0.4, 0.5) is 10.5 Å². The molecule has 154 valence electrons. The number of hydrogen-bond donors (Lipinski definition) is 1. The van der Waals surface area contributed by atoms with Gasteiger partial charge in [0.1, 0.15) is 0 Å². The topological polar surface area (TPSA) is 37.3 Å². The molecule has 1 aromatic heterocycles. The minimum absolute atomic E-state index is 0.106. The number of urea groups is 1. The lowest BCUT2D eigenvalue weighted by molar-refractivity contribution is 0.194. The quantitative estimate of drug-likeness (QED) is 0.420. The zero-order valence-corrected chi connectivity index (χ0v) is 17.7. The van der Waals surface area contributed by atoms with E-state index >= 15 is 0 Å². The largest absolute Gasteiger partial charge is 0.322 e. The summed E-state index contributed by atoms with van der Waals surface area (Å²) in [5, 5.41) is 3.15. The maximum Gasteiger partial charge on any atom is 0.322 e. The Kier molecular flexibility index (Phi) is 4.83. The maximum atomic E-state index is 13.7. The van der Waals surface area contributed by atoms with Crippen LogP contribution >= 0.6 is 0 Å². The number of aryl methyl sites for hydroxylation is 2. The Hall–Kier alpha value is -3.79. The van der Waals surface area contributed by atoms with Gasteiger partial charge in [-0.3, -0.25) is 0 Å². The van der Waals surface area contributed by atoms with Gasteiger partial charge < -0.3 is 14.8 Å². The van der Waals surface area contributed by atoms with Crippen LogP contribution in [0.1, 0.15) is 34.0 Å². The second kappa shape index (κ2) is 7.80. The van der Waals surface area contributed by atoms with Crippen molar-refractivity contribution in [1.29, 1.82) is 0 Å². The van der Waals surface area contributed by atoms with Gasteiger partial charge in [0.2, 0.25) is 0 Å². The highest BCUT2D eigenvalue weighted by Gasteiger charge is 2.33. The van der Waals surface area contributed by atoms with E-state index in [0.29, 0.717) is 6.54 Å². The molecule has 0 spiro atoms. The van der Waals surface area contributed by atoms with Gasteiger partial charge in [-0.25, -0.2) is 4.79 Å². The Morgan fingerprint density at radius 1 is 0.903 bits per heavy atom. The minimum Gasteiger partial charge on any atom is -0.318 e. The minimum atomic E-state index is -0.202. The van der Waals surface area contributed by atoms with Crippen LogP contribution < -0.4 is 5.32 Å². The summed E-state index contributed by atoms with van der Waals surface area (Å²) in [4.78, 5) is 15.6. The third-order valence-corrected chi connectivity index (χ3v) is 5.97. The van der Waals surface area contributed by atoms with Crippen LogP contribution in [0.5, 0.6) is 0 Å². The smallest absolute Gasteiger partial charge is 0.318 e. The average molecular weight is 408 g/mol. The molecule has 4 nitrogen and oxygen atoms in total. The molecule has 4 heteroatoms. The van der Waals surface area contributed by atoms with Crippen molar-refractivity contribution in [3.05, 3.63) is 119 Å². The number of benzene rings is 3. The fourth-order valence-corrected chi connectivity index (χ4v) is 4.43. The zero-order valence-electron chi connectivity index (χ0n) is 17.7. The standard InChI is InChI=1S/C27H25N3O/c1-19-9-7-12-21(17-19)26-25-15-8-16-29(25)24-14-6-4-11-22(24)18-30(26)27(31)28-23-13-5-3-10-20(23)2/h3-17,26H,18H2,1-2H3,(H,28,31). The highest BCUT2D eigenvalue weighted by molar-refractivity contribution is 5.91. The summed E-state index contributed by atoms with van der Waals surface area (Å²) < 4.78 is 2.21. The van der Waals surface area contributed by atoms with Crippen molar-refractivity contribution in [2.75, 3.05) is 5.32 Å². The van der Waals surface area contributed by atoms with Gasteiger partial charge in [-0.15, -0.1) is 0 Å². The second-order valence-corrected chi connectivity index (χ2v) is 8.12. The lowest BCUT2D eigenvalue weighted by Gasteiger charge is -2.31. The predicted octanol–water partition coefficient (Wildman–Crippen LogP) is 6.23. The molecule has 0 radical (unpaired) electrons. The van der Waals surface area contributed by atoms with E-state index in [1.54, 1.807) is 0 Å². The van der Waals surface area contributed by atoms with Crippen molar-refractivity contribution in [3.8, 4) is 5.69 Å². The van der Waals surface area contributed by atoms with Crippen molar-refractivity contribution < 1.29 is 4.79 Å². The Morgan fingerprint density at radius 3 is 2.55 bits per heavy atom. The molecule has 2 heterocycles. The normalized spacial score (nSPS) is 15.0. The fourth-order valence-electron chi connectivity index (χ4n) is 4.43. The molecule has 0 aliphatic carbocycles. The Bertz CT molecular complexity index is 1260. The average Bonchev–Trinajstić information content (AvgIpc) is 3.19. The molecule has 1 aliphatic rings. The summed E-state index contributed by atoms with van der Waals surface area (Å²) in [5.74, 6) is 0. The summed E-state index contributed by atoms with van der Waals surface area (Å²) in [6.45, 7) is 4.62. The summed E-state index contributed by atoms with van der Waals surface area (Å²) in [5.41, 5.74) is 7.48. The van der Waals surface area contributed by atoms with Gasteiger partial charge in [0, 0.05) is 17.6 Å². The molecule has 1 aliphatic heterocycles. The van der Waals surface area contributed by atoms with Crippen LogP contribution in [0, 0.1) is 13.8 Å². The zero-order chi connectivity index (χ0) is 21.4. The molecule has 5 rings (SSSR count). The molecule has 31 heavy (non-hydrogen) atoms. The molecule has 4 aromatic rings. The van der Waals surface area contributed by atoms with Gasteiger partial charge in [0.15, 0.2) is 0 Å². The van der Waals surface area contributed by atoms with Crippen LogP contribution in [-0.2, 0) is 6.54 Å². The summed E-state index contributed by atoms with van der Waals surface area (Å²) in [7, 11) is 0. The maximum absolute atomic E-state index is 13.7. The molecule has 1 N–H and O–H groups in total. The first kappa shape index (κ1) is 19.2. The third kappa shape index (κ3) is 3.50. The Labute approximate surface area is 182 Å². The molecular formula is C27H25N3O. The van der Waals surface area contributed by atoms with E-state index in [2.05, 4.69) is 71.5 Å². The van der Waals surface area contributed by atoms with Crippen molar-refractivity contribution >= 4 is 11.7 Å². The van der Waals surface area contributed by atoms with Crippen molar-refractivity contribution in [3.63, 3.8) is 0 Å². The van der Waals surface area contributed by atoms with Gasteiger partial charge in [-0.05, 0) is 54.8 Å². The summed E-state index contributed by atoms with van der Waals surface area (Å²) in [6, 6.07) is 28.5. The van der Waals surface area contributed by atoms with E-state index in [1.165, 1.54) is 5.56 Å². The molecule has 1 unspecified atom stereocenters. The fraction of sp³-hybridized carbons (Fsp3) is 0.148. The Balaban J connectivity index is 1.65. The number of anilines is 1. The van der Waals surface area contributed by atoms with E-state index in [9.17, 15) is 4.79 Å². The number of hydrogen-bond acceptors (Lipinski definition) is 1. The lowest BCUT2D eigenvalue weighted by Crippen LogP contribution is -2.38. The highest BCUT2D eigenvalue weighted by Crippen LogP contribution is 2.37. The van der Waals surface area contributed by atoms with E-state index in [0.717, 1.165) is 33.8 Å². The number of carbonyl (C=O) groups excluding carboxylic acids is 1. The molecule has 2 amide bonds. The van der Waals surface area contributed by atoms with E-state index in [4.69, 9.17) is 0 Å². The molecular weight excluding hydrogens is 382 g/mol. The van der Waals surface area contributed by atoms with Crippen molar-refractivity contribution in [1.82, 2.24) is 9.47 Å². The number of nitrogens with one attached hydrogen (secondary N) is 1. The van der Waals surface area contributed by atoms with Crippen molar-refractivity contribution in [2.45, 2.75) is 26.4 Å². The number of amides is 2. The lowest BCUT2D eigenvalue weighted by atomic mass is 10.00. The first-order valence-corrected chi connectivity index (χ1v) is 10.6. The van der Waals surface area contributed by atoms with E-state index < -0.39 is 0 Å². The van der Waals surface area contributed by atoms with Crippen LogP contribution in [0.15, 0.2) is 91.1 Å². The van der Waals surface area contributed by atoms with Gasteiger partial charge in [-0.2, -0.15) is 0 Å². The predicted molar refractivity (Wildman–Crippen MR) is 125 cm³/mol. The van der Waals surface area contributed by atoms with E-state index in [-0.39, 0.29) is 12.1 Å². The van der Waals surface area contributed by atoms with E-state index in [1.807, 2.05) is 48.2 Å². The molecule has 0 fully saturated rings. The SMILES string of the molecule is Cc1cccc(C2c3cccn3-c3ccccc3CN2C(=O)Nc2ccccc2C)c1. The molecule has 0 saturated carbocycles. The summed E-state index contributed by atoms with van der Waals surface area (Å²) in [6.07, 6.45) is 2.08. The second-order valence-electron chi connectivity index (χ2n) is 8.12. The van der Waals surface area contributed by atoms with Gasteiger partial charge in [0.25, 0.3) is 0 Å². The van der Waals surface area contributed by atoms with Gasteiger partial charge in [-0.1, -0.05) is 66.2 Å². The van der Waals surface area contributed by atoms with Crippen LogP contribution in [0.25, 0.3) is 5.69 Å². The molecule has 1 atom stereocenters.